The van der Waals surface area contributed by atoms with Crippen LogP contribution in [0.1, 0.15) is 18.4 Å². The highest BCUT2D eigenvalue weighted by molar-refractivity contribution is 7.98. The molecule has 6 heteroatoms. The number of carbonyl (C=O) groups is 1. The van der Waals surface area contributed by atoms with Gasteiger partial charge in [-0.3, -0.25) is 4.90 Å². The molecular weight excluding hydrogens is 378 g/mol. The lowest BCUT2D eigenvalue weighted by atomic mass is 9.96. The fourth-order valence-corrected chi connectivity index (χ4v) is 3.90. The number of thioether (sulfide) groups is 1. The van der Waals surface area contributed by atoms with Crippen LogP contribution in [-0.4, -0.2) is 36.8 Å². The van der Waals surface area contributed by atoms with Crippen molar-refractivity contribution in [1.82, 2.24) is 10.2 Å². The van der Waals surface area contributed by atoms with E-state index in [-0.39, 0.29) is 6.03 Å². The second kappa shape index (κ2) is 10.0. The zero-order valence-corrected chi connectivity index (χ0v) is 17.2. The molecule has 2 N–H and O–H groups in total. The Labute approximate surface area is 170 Å². The molecule has 3 rings (SSSR count). The van der Waals surface area contributed by atoms with E-state index in [1.165, 1.54) is 5.56 Å². The molecule has 1 fully saturated rings. The average Bonchev–Trinajstić information content (AvgIpc) is 2.69. The number of piperidine rings is 1. The maximum atomic E-state index is 12.1. The van der Waals surface area contributed by atoms with Gasteiger partial charge in [0, 0.05) is 28.7 Å². The van der Waals surface area contributed by atoms with E-state index >= 15 is 0 Å². The van der Waals surface area contributed by atoms with Crippen LogP contribution in [0.2, 0.25) is 5.02 Å². The lowest BCUT2D eigenvalue weighted by Crippen LogP contribution is -2.39. The molecule has 27 heavy (non-hydrogen) atoms. The molecule has 2 amide bonds. The van der Waals surface area contributed by atoms with Gasteiger partial charge in [0.1, 0.15) is 0 Å². The van der Waals surface area contributed by atoms with Gasteiger partial charge in [0.15, 0.2) is 0 Å². The SMILES string of the molecule is CSc1cccc(NC(=O)NCC2CCN(Cc3ccc(Cl)cc3)CC2)c1. The Morgan fingerprint density at radius 3 is 2.63 bits per heavy atom. The van der Waals surface area contributed by atoms with Crippen molar-refractivity contribution < 1.29 is 4.79 Å². The van der Waals surface area contributed by atoms with Crippen LogP contribution >= 0.6 is 23.4 Å². The van der Waals surface area contributed by atoms with Crippen LogP contribution in [0.25, 0.3) is 0 Å². The Balaban J connectivity index is 1.37. The summed E-state index contributed by atoms with van der Waals surface area (Å²) >= 11 is 7.61. The summed E-state index contributed by atoms with van der Waals surface area (Å²) in [6.45, 7) is 3.81. The van der Waals surface area contributed by atoms with E-state index in [0.29, 0.717) is 5.92 Å². The van der Waals surface area contributed by atoms with Crippen LogP contribution < -0.4 is 10.6 Å². The summed E-state index contributed by atoms with van der Waals surface area (Å²) in [6, 6.07) is 15.8. The van der Waals surface area contributed by atoms with Crippen molar-refractivity contribution in [2.24, 2.45) is 5.92 Å². The molecule has 0 saturated carbocycles. The Hall–Kier alpha value is -1.69. The Morgan fingerprint density at radius 2 is 1.93 bits per heavy atom. The third-order valence-electron chi connectivity index (χ3n) is 4.91. The standard InChI is InChI=1S/C21H26ClN3OS/c1-27-20-4-2-3-19(13-20)24-21(26)23-14-16-9-11-25(12-10-16)15-17-5-7-18(22)8-6-17/h2-8,13,16H,9-12,14-15H2,1H3,(H2,23,24,26). The number of rotatable bonds is 6. The van der Waals surface area contributed by atoms with Crippen molar-refractivity contribution in [2.75, 3.05) is 31.2 Å². The number of benzene rings is 2. The molecule has 0 bridgehead atoms. The molecule has 1 saturated heterocycles. The summed E-state index contributed by atoms with van der Waals surface area (Å²) < 4.78 is 0. The van der Waals surface area contributed by atoms with E-state index in [9.17, 15) is 4.79 Å². The van der Waals surface area contributed by atoms with E-state index in [0.717, 1.165) is 54.6 Å². The zero-order chi connectivity index (χ0) is 19.1. The highest BCUT2D eigenvalue weighted by atomic mass is 35.5. The van der Waals surface area contributed by atoms with Crippen molar-refractivity contribution in [1.29, 1.82) is 0 Å². The average molecular weight is 404 g/mol. The van der Waals surface area contributed by atoms with Crippen LogP contribution in [0, 0.1) is 5.92 Å². The number of nitrogens with one attached hydrogen (secondary N) is 2. The Bertz CT molecular complexity index is 745. The van der Waals surface area contributed by atoms with E-state index < -0.39 is 0 Å². The first-order chi connectivity index (χ1) is 13.1. The van der Waals surface area contributed by atoms with Gasteiger partial charge in [-0.1, -0.05) is 29.8 Å². The summed E-state index contributed by atoms with van der Waals surface area (Å²) in [4.78, 5) is 15.7. The first-order valence-electron chi connectivity index (χ1n) is 9.28. The highest BCUT2D eigenvalue weighted by Gasteiger charge is 2.19. The van der Waals surface area contributed by atoms with Crippen LogP contribution in [-0.2, 0) is 6.54 Å². The van der Waals surface area contributed by atoms with Gasteiger partial charge < -0.3 is 10.6 Å². The first kappa shape index (κ1) is 20.1. The van der Waals surface area contributed by atoms with Crippen molar-refractivity contribution in [3.63, 3.8) is 0 Å². The second-order valence-electron chi connectivity index (χ2n) is 6.91. The molecule has 0 unspecified atom stereocenters. The maximum absolute atomic E-state index is 12.1. The predicted molar refractivity (Wildman–Crippen MR) is 115 cm³/mol. The molecule has 0 aliphatic carbocycles. The normalized spacial score (nSPS) is 15.5. The largest absolute Gasteiger partial charge is 0.338 e. The molecule has 1 heterocycles. The van der Waals surface area contributed by atoms with Gasteiger partial charge in [0.2, 0.25) is 0 Å². The maximum Gasteiger partial charge on any atom is 0.319 e. The van der Waals surface area contributed by atoms with Crippen LogP contribution in [0.5, 0.6) is 0 Å². The third kappa shape index (κ3) is 6.45. The lowest BCUT2D eigenvalue weighted by molar-refractivity contribution is 0.176. The minimum Gasteiger partial charge on any atom is -0.338 e. The summed E-state index contributed by atoms with van der Waals surface area (Å²) in [5, 5.41) is 6.72. The molecule has 1 aliphatic rings. The minimum atomic E-state index is -0.128. The van der Waals surface area contributed by atoms with Crippen molar-refractivity contribution >= 4 is 35.1 Å². The van der Waals surface area contributed by atoms with Crippen molar-refractivity contribution in [2.45, 2.75) is 24.3 Å². The van der Waals surface area contributed by atoms with Crippen molar-refractivity contribution in [3.8, 4) is 0 Å². The van der Waals surface area contributed by atoms with Gasteiger partial charge in [0.05, 0.1) is 0 Å². The highest BCUT2D eigenvalue weighted by Crippen LogP contribution is 2.20. The van der Waals surface area contributed by atoms with Crippen LogP contribution in [0.15, 0.2) is 53.4 Å². The number of hydrogen-bond donors (Lipinski definition) is 2. The second-order valence-corrected chi connectivity index (χ2v) is 8.23. The molecular formula is C21H26ClN3OS. The first-order valence-corrected chi connectivity index (χ1v) is 10.9. The topological polar surface area (TPSA) is 44.4 Å². The van der Waals surface area contributed by atoms with E-state index in [1.54, 1.807) is 11.8 Å². The molecule has 0 atom stereocenters. The van der Waals surface area contributed by atoms with Gasteiger partial charge in [0.25, 0.3) is 0 Å². The fourth-order valence-electron chi connectivity index (χ4n) is 3.31. The van der Waals surface area contributed by atoms with Crippen molar-refractivity contribution in [3.05, 3.63) is 59.1 Å². The molecule has 1 aliphatic heterocycles. The quantitative estimate of drug-likeness (QED) is 0.660. The minimum absolute atomic E-state index is 0.128. The van der Waals surface area contributed by atoms with Crippen LogP contribution in [0.4, 0.5) is 10.5 Å². The number of likely N-dealkylation sites (tertiary alicyclic amines) is 1. The van der Waals surface area contributed by atoms with Gasteiger partial charge in [-0.15, -0.1) is 11.8 Å². The number of amides is 2. The summed E-state index contributed by atoms with van der Waals surface area (Å²) in [6.07, 6.45) is 4.24. The van der Waals surface area contributed by atoms with Gasteiger partial charge in [-0.05, 0) is 74.0 Å². The van der Waals surface area contributed by atoms with E-state index in [1.807, 2.05) is 42.7 Å². The Morgan fingerprint density at radius 1 is 1.19 bits per heavy atom. The third-order valence-corrected chi connectivity index (χ3v) is 5.88. The molecule has 2 aromatic rings. The van der Waals surface area contributed by atoms with Gasteiger partial charge in [-0.25, -0.2) is 4.79 Å². The number of halogens is 1. The molecule has 0 aromatic heterocycles. The number of anilines is 1. The summed E-state index contributed by atoms with van der Waals surface area (Å²) in [5.41, 5.74) is 2.12. The van der Waals surface area contributed by atoms with Gasteiger partial charge in [-0.2, -0.15) is 0 Å². The number of urea groups is 1. The molecule has 144 valence electrons. The van der Waals surface area contributed by atoms with Crippen LogP contribution in [0.3, 0.4) is 0 Å². The summed E-state index contributed by atoms with van der Waals surface area (Å²) in [7, 11) is 0. The molecule has 0 spiro atoms. The molecule has 2 aromatic carbocycles. The Kier molecular flexibility index (Phi) is 7.44. The monoisotopic (exact) mass is 403 g/mol. The fraction of sp³-hybridized carbons (Fsp3) is 0.381. The number of nitrogens with zero attached hydrogens (tertiary/aromatic N) is 1. The van der Waals surface area contributed by atoms with Gasteiger partial charge >= 0.3 is 6.03 Å². The summed E-state index contributed by atoms with van der Waals surface area (Å²) in [5.74, 6) is 0.537. The zero-order valence-electron chi connectivity index (χ0n) is 15.6. The van der Waals surface area contributed by atoms with E-state index in [2.05, 4.69) is 27.7 Å². The smallest absolute Gasteiger partial charge is 0.319 e. The van der Waals surface area contributed by atoms with E-state index in [4.69, 9.17) is 11.6 Å². The molecule has 4 nitrogen and oxygen atoms in total. The lowest BCUT2D eigenvalue weighted by Gasteiger charge is -2.32. The predicted octanol–water partition coefficient (Wildman–Crippen LogP) is 5.10. The molecule has 0 radical (unpaired) electrons. The number of carbonyl (C=O) groups excluding carboxylic acids is 1. The number of hydrogen-bond acceptors (Lipinski definition) is 3.